The SMILES string of the molecule is CNC(C)C(=O)NC1CN(C(=O)Cc2ccc(Cl)nc2)c2ccccc2N(Cc2c(OC)ccc3cc(Br)ccc23)C1=O. The second kappa shape index (κ2) is 13.1. The van der Waals surface area contributed by atoms with Crippen LogP contribution in [0.5, 0.6) is 5.75 Å². The number of nitrogens with one attached hydrogen (secondary N) is 2. The van der Waals surface area contributed by atoms with Crippen LogP contribution in [0.3, 0.4) is 0 Å². The van der Waals surface area contributed by atoms with Gasteiger partial charge < -0.3 is 25.2 Å². The Morgan fingerprint density at radius 1 is 1.12 bits per heavy atom. The Hall–Kier alpha value is -3.99. The average Bonchev–Trinajstić information content (AvgIpc) is 3.12. The molecule has 0 bridgehead atoms. The summed E-state index contributed by atoms with van der Waals surface area (Å²) in [4.78, 5) is 48.6. The summed E-state index contributed by atoms with van der Waals surface area (Å²) in [5.74, 6) is -0.325. The van der Waals surface area contributed by atoms with E-state index in [1.165, 1.54) is 0 Å². The number of anilines is 2. The monoisotopic (exact) mass is 663 g/mol. The predicted molar refractivity (Wildman–Crippen MR) is 172 cm³/mol. The largest absolute Gasteiger partial charge is 0.496 e. The number of ether oxygens (including phenoxy) is 1. The first kappa shape index (κ1) is 30.5. The molecule has 222 valence electrons. The van der Waals surface area contributed by atoms with E-state index in [0.717, 1.165) is 20.8 Å². The predicted octanol–water partition coefficient (Wildman–Crippen LogP) is 4.87. The summed E-state index contributed by atoms with van der Waals surface area (Å²) < 4.78 is 6.67. The lowest BCUT2D eigenvalue weighted by Gasteiger charge is -2.27. The molecule has 3 amide bonds. The molecule has 1 aromatic heterocycles. The van der Waals surface area contributed by atoms with Crippen LogP contribution in [-0.2, 0) is 27.3 Å². The number of hydrogen-bond acceptors (Lipinski definition) is 6. The van der Waals surface area contributed by atoms with Gasteiger partial charge in [-0.15, -0.1) is 0 Å². The van der Waals surface area contributed by atoms with Crippen molar-refractivity contribution < 1.29 is 19.1 Å². The van der Waals surface area contributed by atoms with Gasteiger partial charge in [0, 0.05) is 16.2 Å². The van der Waals surface area contributed by atoms with E-state index >= 15 is 0 Å². The Bertz CT molecular complexity index is 1680. The first-order valence-corrected chi connectivity index (χ1v) is 14.9. The number of aromatic nitrogens is 1. The molecule has 0 fully saturated rings. The van der Waals surface area contributed by atoms with Crippen molar-refractivity contribution in [1.29, 1.82) is 0 Å². The van der Waals surface area contributed by atoms with Crippen LogP contribution >= 0.6 is 27.5 Å². The van der Waals surface area contributed by atoms with Crippen molar-refractivity contribution in [2.45, 2.75) is 32.0 Å². The molecule has 2 heterocycles. The summed E-state index contributed by atoms with van der Waals surface area (Å²) in [6.45, 7) is 1.81. The average molecular weight is 665 g/mol. The molecule has 0 spiro atoms. The number of halogens is 2. The number of nitrogens with zero attached hydrogens (tertiary/aromatic N) is 3. The van der Waals surface area contributed by atoms with E-state index in [4.69, 9.17) is 16.3 Å². The van der Waals surface area contributed by atoms with Crippen LogP contribution in [0, 0.1) is 0 Å². The third-order valence-electron chi connectivity index (χ3n) is 7.57. The van der Waals surface area contributed by atoms with Crippen molar-refractivity contribution in [3.63, 3.8) is 0 Å². The fourth-order valence-corrected chi connectivity index (χ4v) is 5.65. The molecule has 0 radical (unpaired) electrons. The Labute approximate surface area is 263 Å². The zero-order valence-electron chi connectivity index (χ0n) is 23.9. The maximum atomic E-state index is 14.4. The Morgan fingerprint density at radius 2 is 1.88 bits per heavy atom. The van der Waals surface area contributed by atoms with E-state index in [9.17, 15) is 14.4 Å². The molecule has 1 aliphatic rings. The van der Waals surface area contributed by atoms with Crippen LogP contribution in [-0.4, -0.2) is 55.5 Å². The highest BCUT2D eigenvalue weighted by Gasteiger charge is 2.37. The smallest absolute Gasteiger partial charge is 0.251 e. The molecular formula is C32H31BrClN5O4. The zero-order valence-corrected chi connectivity index (χ0v) is 26.3. The Morgan fingerprint density at radius 3 is 2.58 bits per heavy atom. The summed E-state index contributed by atoms with van der Waals surface area (Å²) in [5.41, 5.74) is 2.58. The molecule has 4 aromatic rings. The minimum absolute atomic E-state index is 0.0340. The van der Waals surface area contributed by atoms with Crippen molar-refractivity contribution in [2.75, 3.05) is 30.5 Å². The lowest BCUT2D eigenvalue weighted by molar-refractivity contribution is -0.128. The Kier molecular flexibility index (Phi) is 9.29. The first-order chi connectivity index (χ1) is 20.7. The summed E-state index contributed by atoms with van der Waals surface area (Å²) >= 11 is 9.49. The van der Waals surface area contributed by atoms with Gasteiger partial charge in [0.25, 0.3) is 5.91 Å². The summed E-state index contributed by atoms with van der Waals surface area (Å²) in [6.07, 6.45) is 1.59. The fraction of sp³-hybridized carbons (Fsp3) is 0.250. The molecular weight excluding hydrogens is 634 g/mol. The van der Waals surface area contributed by atoms with Gasteiger partial charge in [0.15, 0.2) is 0 Å². The summed E-state index contributed by atoms with van der Waals surface area (Å²) in [6, 6.07) is 18.9. The molecule has 43 heavy (non-hydrogen) atoms. The van der Waals surface area contributed by atoms with E-state index in [1.54, 1.807) is 49.2 Å². The number of para-hydroxylation sites is 2. The van der Waals surface area contributed by atoms with Crippen LogP contribution in [0.4, 0.5) is 11.4 Å². The molecule has 0 saturated carbocycles. The number of rotatable bonds is 8. The molecule has 2 atom stereocenters. The van der Waals surface area contributed by atoms with Gasteiger partial charge in [-0.1, -0.05) is 57.9 Å². The van der Waals surface area contributed by atoms with E-state index < -0.39 is 12.1 Å². The molecule has 2 unspecified atom stereocenters. The summed E-state index contributed by atoms with van der Waals surface area (Å²) in [7, 11) is 3.26. The molecule has 1 aliphatic heterocycles. The minimum Gasteiger partial charge on any atom is -0.496 e. The van der Waals surface area contributed by atoms with E-state index in [2.05, 4.69) is 31.5 Å². The molecule has 11 heteroatoms. The number of carbonyl (C=O) groups excluding carboxylic acids is 3. The third kappa shape index (κ3) is 6.51. The standard InChI is InChI=1S/C32H31BrClN5O4/c1-19(35-2)31(41)37-25-18-38(30(40)14-20-8-13-29(34)36-16-20)26-6-4-5-7-27(26)39(32(25)42)17-24-23-11-10-22(33)15-21(23)9-12-28(24)43-3/h4-13,15-16,19,25,35H,14,17-18H2,1-3H3,(H,37,41). The maximum Gasteiger partial charge on any atom is 0.251 e. The lowest BCUT2D eigenvalue weighted by Crippen LogP contribution is -2.55. The van der Waals surface area contributed by atoms with Crippen molar-refractivity contribution in [3.8, 4) is 5.75 Å². The van der Waals surface area contributed by atoms with E-state index in [1.807, 2.05) is 54.6 Å². The van der Waals surface area contributed by atoms with Crippen LogP contribution in [0.25, 0.3) is 10.8 Å². The molecule has 9 nitrogen and oxygen atoms in total. The number of benzene rings is 3. The van der Waals surface area contributed by atoms with Crippen molar-refractivity contribution >= 4 is 67.4 Å². The van der Waals surface area contributed by atoms with E-state index in [0.29, 0.717) is 27.8 Å². The summed E-state index contributed by atoms with van der Waals surface area (Å²) in [5, 5.41) is 8.02. The van der Waals surface area contributed by atoms with Crippen LogP contribution in [0.2, 0.25) is 5.15 Å². The highest BCUT2D eigenvalue weighted by atomic mass is 79.9. The normalized spacial score (nSPS) is 15.6. The first-order valence-electron chi connectivity index (χ1n) is 13.7. The minimum atomic E-state index is -1.02. The number of amides is 3. The van der Waals surface area contributed by atoms with Crippen molar-refractivity contribution in [3.05, 3.63) is 93.7 Å². The van der Waals surface area contributed by atoms with E-state index in [-0.39, 0.29) is 37.2 Å². The number of methoxy groups -OCH3 is 1. The number of likely N-dealkylation sites (N-methyl/N-ethyl adjacent to an activating group) is 1. The molecule has 0 aliphatic carbocycles. The van der Waals surface area contributed by atoms with Crippen LogP contribution in [0.1, 0.15) is 18.1 Å². The van der Waals surface area contributed by atoms with Gasteiger partial charge in [-0.25, -0.2) is 4.98 Å². The maximum absolute atomic E-state index is 14.4. The highest BCUT2D eigenvalue weighted by molar-refractivity contribution is 9.10. The second-order valence-corrected chi connectivity index (χ2v) is 11.6. The molecule has 3 aromatic carbocycles. The second-order valence-electron chi connectivity index (χ2n) is 10.3. The van der Waals surface area contributed by atoms with Gasteiger partial charge in [-0.2, -0.15) is 0 Å². The quantitative estimate of drug-likeness (QED) is 0.261. The van der Waals surface area contributed by atoms with Gasteiger partial charge in [-0.3, -0.25) is 14.4 Å². The van der Waals surface area contributed by atoms with Gasteiger partial charge in [-0.05, 0) is 66.7 Å². The van der Waals surface area contributed by atoms with Crippen LogP contribution in [0.15, 0.2) is 77.4 Å². The van der Waals surface area contributed by atoms with Crippen LogP contribution < -0.4 is 25.2 Å². The topological polar surface area (TPSA) is 104 Å². The number of hydrogen-bond donors (Lipinski definition) is 2. The number of carbonyl (C=O) groups is 3. The van der Waals surface area contributed by atoms with Gasteiger partial charge in [0.1, 0.15) is 16.9 Å². The molecule has 0 saturated heterocycles. The third-order valence-corrected chi connectivity index (χ3v) is 8.28. The number of pyridine rings is 1. The fourth-order valence-electron chi connectivity index (χ4n) is 5.16. The Balaban J connectivity index is 1.61. The lowest BCUT2D eigenvalue weighted by atomic mass is 10.0. The number of fused-ring (bicyclic) bond motifs is 2. The van der Waals surface area contributed by atoms with Crippen molar-refractivity contribution in [1.82, 2.24) is 15.6 Å². The van der Waals surface area contributed by atoms with Gasteiger partial charge in [0.2, 0.25) is 11.8 Å². The highest BCUT2D eigenvalue weighted by Crippen LogP contribution is 2.37. The molecule has 5 rings (SSSR count). The zero-order chi connectivity index (χ0) is 30.7. The van der Waals surface area contributed by atoms with Gasteiger partial charge >= 0.3 is 0 Å². The molecule has 2 N–H and O–H groups in total. The van der Waals surface area contributed by atoms with Gasteiger partial charge in [0.05, 0.1) is 44.0 Å². The van der Waals surface area contributed by atoms with Crippen molar-refractivity contribution in [2.24, 2.45) is 0 Å².